The van der Waals surface area contributed by atoms with Crippen LogP contribution in [0.25, 0.3) is 0 Å². The highest BCUT2D eigenvalue weighted by atomic mass is 32.1. The van der Waals surface area contributed by atoms with Crippen molar-refractivity contribution in [3.05, 3.63) is 57.3 Å². The molecular formula is C17H22N2S. The molecule has 3 rings (SSSR count). The van der Waals surface area contributed by atoms with Crippen LogP contribution in [0.2, 0.25) is 0 Å². The standard InChI is InChI=1S/C17H22N2S/c1-14-6-7-17(20-14)12-18-9-11-19-10-8-15-4-2-3-5-16(15)13-19/h2-7,18H,8-13H2,1H3. The summed E-state index contributed by atoms with van der Waals surface area (Å²) < 4.78 is 0. The molecule has 20 heavy (non-hydrogen) atoms. The minimum atomic E-state index is 1.00. The number of thiophene rings is 1. The Morgan fingerprint density at radius 3 is 2.80 bits per heavy atom. The van der Waals surface area contributed by atoms with Gasteiger partial charge in [0.2, 0.25) is 0 Å². The van der Waals surface area contributed by atoms with Crippen LogP contribution in [0.3, 0.4) is 0 Å². The van der Waals surface area contributed by atoms with Gasteiger partial charge in [-0.3, -0.25) is 4.90 Å². The van der Waals surface area contributed by atoms with Crippen LogP contribution in [-0.4, -0.2) is 24.5 Å². The van der Waals surface area contributed by atoms with Crippen LogP contribution in [0, 0.1) is 6.92 Å². The van der Waals surface area contributed by atoms with E-state index in [1.165, 1.54) is 33.8 Å². The summed E-state index contributed by atoms with van der Waals surface area (Å²) in [5, 5.41) is 3.56. The third kappa shape index (κ3) is 3.48. The first-order valence-corrected chi connectivity index (χ1v) is 8.18. The van der Waals surface area contributed by atoms with Crippen molar-refractivity contribution >= 4 is 11.3 Å². The molecule has 1 aliphatic heterocycles. The predicted octanol–water partition coefficient (Wildman–Crippen LogP) is 3.20. The number of rotatable bonds is 5. The maximum absolute atomic E-state index is 3.56. The van der Waals surface area contributed by atoms with E-state index in [1.807, 2.05) is 11.3 Å². The summed E-state index contributed by atoms with van der Waals surface area (Å²) in [6.07, 6.45) is 1.19. The minimum Gasteiger partial charge on any atom is -0.311 e. The van der Waals surface area contributed by atoms with Crippen LogP contribution in [0.5, 0.6) is 0 Å². The minimum absolute atomic E-state index is 1.00. The van der Waals surface area contributed by atoms with Crippen LogP contribution in [0.4, 0.5) is 0 Å². The zero-order chi connectivity index (χ0) is 13.8. The van der Waals surface area contributed by atoms with Crippen LogP contribution in [0.15, 0.2) is 36.4 Å². The Kier molecular flexibility index (Phi) is 4.51. The topological polar surface area (TPSA) is 15.3 Å². The second-order valence-electron chi connectivity index (χ2n) is 5.48. The van der Waals surface area contributed by atoms with E-state index in [4.69, 9.17) is 0 Å². The van der Waals surface area contributed by atoms with Crippen molar-refractivity contribution in [2.45, 2.75) is 26.4 Å². The van der Waals surface area contributed by atoms with Crippen molar-refractivity contribution in [1.82, 2.24) is 10.2 Å². The van der Waals surface area contributed by atoms with Crippen molar-refractivity contribution in [2.24, 2.45) is 0 Å². The van der Waals surface area contributed by atoms with Gasteiger partial charge >= 0.3 is 0 Å². The number of fused-ring (bicyclic) bond motifs is 1. The van der Waals surface area contributed by atoms with Gasteiger partial charge in [0.1, 0.15) is 0 Å². The van der Waals surface area contributed by atoms with Crippen molar-refractivity contribution in [2.75, 3.05) is 19.6 Å². The second kappa shape index (κ2) is 6.53. The van der Waals surface area contributed by atoms with Gasteiger partial charge in [-0.05, 0) is 36.6 Å². The summed E-state index contributed by atoms with van der Waals surface area (Å²) in [6, 6.07) is 13.3. The number of hydrogen-bond donors (Lipinski definition) is 1. The molecule has 0 radical (unpaired) electrons. The fraction of sp³-hybridized carbons (Fsp3) is 0.412. The van der Waals surface area contributed by atoms with Crippen molar-refractivity contribution in [1.29, 1.82) is 0 Å². The molecule has 1 aliphatic rings. The molecule has 3 heteroatoms. The lowest BCUT2D eigenvalue weighted by Crippen LogP contribution is -2.35. The number of benzene rings is 1. The van der Waals surface area contributed by atoms with E-state index in [0.29, 0.717) is 0 Å². The largest absolute Gasteiger partial charge is 0.311 e. The lowest BCUT2D eigenvalue weighted by atomic mass is 10.00. The van der Waals surface area contributed by atoms with Gasteiger partial charge in [-0.25, -0.2) is 0 Å². The molecule has 0 fully saturated rings. The fourth-order valence-corrected chi connectivity index (χ4v) is 3.63. The monoisotopic (exact) mass is 286 g/mol. The van der Waals surface area contributed by atoms with Crippen LogP contribution < -0.4 is 5.32 Å². The Morgan fingerprint density at radius 2 is 2.00 bits per heavy atom. The van der Waals surface area contributed by atoms with E-state index in [-0.39, 0.29) is 0 Å². The van der Waals surface area contributed by atoms with Gasteiger partial charge in [0, 0.05) is 42.5 Å². The molecule has 106 valence electrons. The quantitative estimate of drug-likeness (QED) is 0.849. The van der Waals surface area contributed by atoms with E-state index in [0.717, 1.165) is 26.2 Å². The molecule has 2 nitrogen and oxygen atoms in total. The molecule has 2 heterocycles. The first-order valence-electron chi connectivity index (χ1n) is 7.36. The summed E-state index contributed by atoms with van der Waals surface area (Å²) in [4.78, 5) is 5.38. The Bertz CT molecular complexity index is 562. The van der Waals surface area contributed by atoms with Crippen molar-refractivity contribution in [3.63, 3.8) is 0 Å². The lowest BCUT2D eigenvalue weighted by molar-refractivity contribution is 0.254. The third-order valence-corrected chi connectivity index (χ3v) is 4.91. The summed E-state index contributed by atoms with van der Waals surface area (Å²) in [6.45, 7) is 7.67. The van der Waals surface area contributed by atoms with Crippen LogP contribution in [0.1, 0.15) is 20.9 Å². The molecule has 0 bridgehead atoms. The molecule has 0 spiro atoms. The smallest absolute Gasteiger partial charge is 0.0300 e. The highest BCUT2D eigenvalue weighted by Crippen LogP contribution is 2.18. The Balaban J connectivity index is 1.42. The molecule has 0 unspecified atom stereocenters. The average molecular weight is 286 g/mol. The van der Waals surface area contributed by atoms with E-state index in [9.17, 15) is 0 Å². The van der Waals surface area contributed by atoms with E-state index >= 15 is 0 Å². The molecule has 1 aromatic heterocycles. The highest BCUT2D eigenvalue weighted by molar-refractivity contribution is 7.11. The zero-order valence-electron chi connectivity index (χ0n) is 12.1. The lowest BCUT2D eigenvalue weighted by Gasteiger charge is -2.28. The van der Waals surface area contributed by atoms with E-state index in [2.05, 4.69) is 53.5 Å². The molecule has 0 aliphatic carbocycles. The zero-order valence-corrected chi connectivity index (χ0v) is 12.9. The molecule has 1 N–H and O–H groups in total. The first-order chi connectivity index (χ1) is 9.81. The molecule has 0 saturated carbocycles. The number of aryl methyl sites for hydroxylation is 1. The highest BCUT2D eigenvalue weighted by Gasteiger charge is 2.14. The maximum atomic E-state index is 3.56. The van der Waals surface area contributed by atoms with Gasteiger partial charge in [0.15, 0.2) is 0 Å². The van der Waals surface area contributed by atoms with Crippen LogP contribution in [-0.2, 0) is 19.5 Å². The Morgan fingerprint density at radius 1 is 1.15 bits per heavy atom. The summed E-state index contributed by atoms with van der Waals surface area (Å²) in [7, 11) is 0. The summed E-state index contributed by atoms with van der Waals surface area (Å²) in [5.74, 6) is 0. The second-order valence-corrected chi connectivity index (χ2v) is 6.86. The summed E-state index contributed by atoms with van der Waals surface area (Å²) in [5.41, 5.74) is 3.04. The third-order valence-electron chi connectivity index (χ3n) is 3.91. The molecule has 0 amide bonds. The maximum Gasteiger partial charge on any atom is 0.0300 e. The van der Waals surface area contributed by atoms with Gasteiger partial charge in [0.25, 0.3) is 0 Å². The van der Waals surface area contributed by atoms with Crippen LogP contribution >= 0.6 is 11.3 Å². The van der Waals surface area contributed by atoms with Gasteiger partial charge in [-0.15, -0.1) is 11.3 Å². The molecule has 2 aromatic rings. The van der Waals surface area contributed by atoms with Gasteiger partial charge in [0.05, 0.1) is 0 Å². The van der Waals surface area contributed by atoms with Crippen molar-refractivity contribution in [3.8, 4) is 0 Å². The van der Waals surface area contributed by atoms with Gasteiger partial charge in [-0.2, -0.15) is 0 Å². The average Bonchev–Trinajstić information content (AvgIpc) is 2.89. The molecule has 1 aromatic carbocycles. The van der Waals surface area contributed by atoms with Gasteiger partial charge < -0.3 is 5.32 Å². The summed E-state index contributed by atoms with van der Waals surface area (Å²) >= 11 is 1.89. The molecule has 0 atom stereocenters. The number of hydrogen-bond acceptors (Lipinski definition) is 3. The molecule has 0 saturated heterocycles. The number of nitrogens with one attached hydrogen (secondary N) is 1. The Hall–Kier alpha value is -1.16. The van der Waals surface area contributed by atoms with E-state index < -0.39 is 0 Å². The SMILES string of the molecule is Cc1ccc(CNCCN2CCc3ccccc3C2)s1. The van der Waals surface area contributed by atoms with E-state index in [1.54, 1.807) is 0 Å². The molecular weight excluding hydrogens is 264 g/mol. The fourth-order valence-electron chi connectivity index (χ4n) is 2.77. The number of nitrogens with zero attached hydrogens (tertiary/aromatic N) is 1. The first kappa shape index (κ1) is 13.8. The Labute approximate surface area is 125 Å². The van der Waals surface area contributed by atoms with Crippen molar-refractivity contribution < 1.29 is 0 Å². The normalized spacial score (nSPS) is 15.2. The van der Waals surface area contributed by atoms with Gasteiger partial charge in [-0.1, -0.05) is 24.3 Å². The predicted molar refractivity (Wildman–Crippen MR) is 86.2 cm³/mol.